The lowest BCUT2D eigenvalue weighted by Gasteiger charge is -2.16. The molecule has 1 unspecified atom stereocenters. The van der Waals surface area contributed by atoms with Crippen LogP contribution in [0, 0.1) is 5.82 Å². The van der Waals surface area contributed by atoms with Crippen LogP contribution in [0.25, 0.3) is 0 Å². The van der Waals surface area contributed by atoms with Crippen LogP contribution < -0.4 is 5.32 Å². The summed E-state index contributed by atoms with van der Waals surface area (Å²) in [5.74, 6) is 0.551. The van der Waals surface area contributed by atoms with E-state index in [0.29, 0.717) is 4.47 Å². The van der Waals surface area contributed by atoms with Gasteiger partial charge in [-0.2, -0.15) is 5.10 Å². The van der Waals surface area contributed by atoms with Gasteiger partial charge >= 0.3 is 0 Å². The summed E-state index contributed by atoms with van der Waals surface area (Å²) >= 11 is 3.21. The van der Waals surface area contributed by atoms with E-state index in [1.54, 1.807) is 12.1 Å². The number of nitrogens with one attached hydrogen (secondary N) is 2. The lowest BCUT2D eigenvalue weighted by Crippen LogP contribution is -2.25. The van der Waals surface area contributed by atoms with Crippen molar-refractivity contribution in [3.8, 4) is 0 Å². The van der Waals surface area contributed by atoms with Crippen LogP contribution in [0.5, 0.6) is 0 Å². The Kier molecular flexibility index (Phi) is 5.04. The molecule has 0 saturated carbocycles. The highest BCUT2D eigenvalue weighted by molar-refractivity contribution is 9.10. The molecular weight excluding hydrogens is 311 g/mol. The van der Waals surface area contributed by atoms with E-state index < -0.39 is 0 Å². The van der Waals surface area contributed by atoms with E-state index in [9.17, 15) is 4.39 Å². The zero-order valence-corrected chi connectivity index (χ0v) is 12.2. The smallest absolute Gasteiger partial charge is 0.141 e. The minimum absolute atomic E-state index is 0.0554. The van der Waals surface area contributed by atoms with Crippen molar-refractivity contribution in [3.05, 3.63) is 46.2 Å². The average molecular weight is 327 g/mol. The average Bonchev–Trinajstić information content (AvgIpc) is 2.92. The lowest BCUT2D eigenvalue weighted by atomic mass is 10.1. The van der Waals surface area contributed by atoms with Gasteiger partial charge in [0.15, 0.2) is 0 Å². The predicted octanol–water partition coefficient (Wildman–Crippen LogP) is 2.99. The molecule has 0 bridgehead atoms. The van der Waals surface area contributed by atoms with Crippen LogP contribution in [-0.2, 0) is 6.42 Å². The van der Waals surface area contributed by atoms with Crippen LogP contribution in [0.3, 0.4) is 0 Å². The molecule has 1 heterocycles. The van der Waals surface area contributed by atoms with Crippen molar-refractivity contribution in [2.75, 3.05) is 6.54 Å². The van der Waals surface area contributed by atoms with Crippen molar-refractivity contribution >= 4 is 15.9 Å². The molecule has 6 heteroatoms. The van der Waals surface area contributed by atoms with E-state index in [4.69, 9.17) is 0 Å². The molecule has 2 N–H and O–H groups in total. The molecule has 102 valence electrons. The first kappa shape index (κ1) is 14.1. The summed E-state index contributed by atoms with van der Waals surface area (Å²) in [5, 5.41) is 10.2. The summed E-state index contributed by atoms with van der Waals surface area (Å²) in [6.45, 7) is 3.01. The van der Waals surface area contributed by atoms with Crippen molar-refractivity contribution in [3.63, 3.8) is 0 Å². The van der Waals surface area contributed by atoms with E-state index in [2.05, 4.69) is 43.4 Å². The van der Waals surface area contributed by atoms with Gasteiger partial charge < -0.3 is 5.32 Å². The topological polar surface area (TPSA) is 53.6 Å². The minimum Gasteiger partial charge on any atom is -0.307 e. The normalized spacial score (nSPS) is 12.6. The van der Waals surface area contributed by atoms with Crippen molar-refractivity contribution in [1.29, 1.82) is 0 Å². The molecular formula is C13H16BrFN4. The maximum Gasteiger partial charge on any atom is 0.141 e. The van der Waals surface area contributed by atoms with E-state index >= 15 is 0 Å². The van der Waals surface area contributed by atoms with Crippen LogP contribution in [-0.4, -0.2) is 21.7 Å². The zero-order valence-electron chi connectivity index (χ0n) is 10.7. The molecule has 1 atom stereocenters. The second-order valence-electron chi connectivity index (χ2n) is 4.33. The number of H-pyrrole nitrogens is 1. The molecule has 0 aliphatic rings. The van der Waals surface area contributed by atoms with Gasteiger partial charge in [-0.1, -0.05) is 13.0 Å². The zero-order chi connectivity index (χ0) is 13.7. The third-order valence-corrected chi connectivity index (χ3v) is 3.44. The fourth-order valence-electron chi connectivity index (χ4n) is 1.87. The standard InChI is InChI=1S/C13H16BrFN4/c1-2-5-16-12(13-17-8-18-19-13)7-9-3-4-11(15)10(14)6-9/h3-4,6,8,12,16H,2,5,7H2,1H3,(H,17,18,19). The van der Waals surface area contributed by atoms with Crippen LogP contribution in [0.2, 0.25) is 0 Å². The second-order valence-corrected chi connectivity index (χ2v) is 5.18. The van der Waals surface area contributed by atoms with E-state index in [-0.39, 0.29) is 11.9 Å². The van der Waals surface area contributed by atoms with Crippen LogP contribution in [0.15, 0.2) is 29.0 Å². The molecule has 1 aromatic heterocycles. The van der Waals surface area contributed by atoms with Gasteiger partial charge in [-0.3, -0.25) is 5.10 Å². The molecule has 0 amide bonds. The largest absolute Gasteiger partial charge is 0.307 e. The van der Waals surface area contributed by atoms with Crippen molar-refractivity contribution in [1.82, 2.24) is 20.5 Å². The molecule has 19 heavy (non-hydrogen) atoms. The monoisotopic (exact) mass is 326 g/mol. The van der Waals surface area contributed by atoms with Crippen molar-refractivity contribution < 1.29 is 4.39 Å². The Morgan fingerprint density at radius 3 is 2.95 bits per heavy atom. The maximum atomic E-state index is 13.2. The molecule has 2 rings (SSSR count). The summed E-state index contributed by atoms with van der Waals surface area (Å²) in [6, 6.07) is 5.11. The second kappa shape index (κ2) is 6.77. The Morgan fingerprint density at radius 2 is 2.32 bits per heavy atom. The molecule has 2 aromatic rings. The Balaban J connectivity index is 2.13. The quantitative estimate of drug-likeness (QED) is 0.858. The van der Waals surface area contributed by atoms with Crippen LogP contribution >= 0.6 is 15.9 Å². The molecule has 1 aromatic carbocycles. The molecule has 0 aliphatic heterocycles. The first-order valence-electron chi connectivity index (χ1n) is 6.23. The van der Waals surface area contributed by atoms with Crippen molar-refractivity contribution in [2.45, 2.75) is 25.8 Å². The number of rotatable bonds is 6. The van der Waals surface area contributed by atoms with E-state index in [1.807, 2.05) is 0 Å². The van der Waals surface area contributed by atoms with Gasteiger partial charge in [-0.05, 0) is 53.0 Å². The third-order valence-electron chi connectivity index (χ3n) is 2.83. The number of hydrogen-bond acceptors (Lipinski definition) is 3. The highest BCUT2D eigenvalue weighted by Gasteiger charge is 2.15. The van der Waals surface area contributed by atoms with Gasteiger partial charge in [0.1, 0.15) is 18.0 Å². The van der Waals surface area contributed by atoms with Crippen molar-refractivity contribution in [2.24, 2.45) is 0 Å². The molecule has 0 spiro atoms. The summed E-state index contributed by atoms with van der Waals surface area (Å²) < 4.78 is 13.7. The van der Waals surface area contributed by atoms with Gasteiger partial charge in [-0.15, -0.1) is 0 Å². The summed E-state index contributed by atoms with van der Waals surface area (Å²) in [5.41, 5.74) is 1.04. The fraction of sp³-hybridized carbons (Fsp3) is 0.385. The highest BCUT2D eigenvalue weighted by Crippen LogP contribution is 2.21. The molecule has 0 fully saturated rings. The number of halogens is 2. The number of benzene rings is 1. The minimum atomic E-state index is -0.249. The highest BCUT2D eigenvalue weighted by atomic mass is 79.9. The van der Waals surface area contributed by atoms with Gasteiger partial charge in [0.2, 0.25) is 0 Å². The van der Waals surface area contributed by atoms with Gasteiger partial charge in [0.05, 0.1) is 10.5 Å². The van der Waals surface area contributed by atoms with Gasteiger partial charge in [0, 0.05) is 0 Å². The Morgan fingerprint density at radius 1 is 1.47 bits per heavy atom. The molecule has 0 radical (unpaired) electrons. The molecule has 4 nitrogen and oxygen atoms in total. The maximum absolute atomic E-state index is 13.2. The summed E-state index contributed by atoms with van der Waals surface area (Å²) in [4.78, 5) is 4.19. The predicted molar refractivity (Wildman–Crippen MR) is 75.2 cm³/mol. The van der Waals surface area contributed by atoms with Gasteiger partial charge in [-0.25, -0.2) is 9.37 Å². The van der Waals surface area contributed by atoms with Crippen LogP contribution in [0.4, 0.5) is 4.39 Å². The van der Waals surface area contributed by atoms with Gasteiger partial charge in [0.25, 0.3) is 0 Å². The number of aromatic amines is 1. The fourth-order valence-corrected chi connectivity index (χ4v) is 2.30. The molecule has 0 aliphatic carbocycles. The first-order chi connectivity index (χ1) is 9.20. The summed E-state index contributed by atoms with van der Waals surface area (Å²) in [6.07, 6.45) is 3.27. The van der Waals surface area contributed by atoms with E-state index in [0.717, 1.165) is 30.8 Å². The van der Waals surface area contributed by atoms with E-state index in [1.165, 1.54) is 12.4 Å². The Hall–Kier alpha value is -1.27. The molecule has 0 saturated heterocycles. The Bertz CT molecular complexity index is 515. The first-order valence-corrected chi connectivity index (χ1v) is 7.02. The Labute approximate surface area is 120 Å². The number of aromatic nitrogens is 3. The lowest BCUT2D eigenvalue weighted by molar-refractivity contribution is 0.505. The van der Waals surface area contributed by atoms with Crippen LogP contribution in [0.1, 0.15) is 30.8 Å². The third kappa shape index (κ3) is 3.84. The SMILES string of the molecule is CCCNC(Cc1ccc(F)c(Br)c1)c1ncn[nH]1. The summed E-state index contributed by atoms with van der Waals surface area (Å²) in [7, 11) is 0. The number of hydrogen-bond donors (Lipinski definition) is 2. The number of nitrogens with zero attached hydrogens (tertiary/aromatic N) is 2.